The molecular formula is C20H21F2N3O2. The molecule has 5 nitrogen and oxygen atoms in total. The number of nitrogens with zero attached hydrogens (tertiary/aromatic N) is 1. The molecule has 0 spiro atoms. The monoisotopic (exact) mass is 373 g/mol. The molecule has 2 aromatic rings. The van der Waals surface area contributed by atoms with Gasteiger partial charge in [-0.3, -0.25) is 14.5 Å². The van der Waals surface area contributed by atoms with E-state index in [1.807, 2.05) is 11.9 Å². The molecule has 0 saturated carbocycles. The van der Waals surface area contributed by atoms with Crippen molar-refractivity contribution < 1.29 is 18.4 Å². The zero-order valence-electron chi connectivity index (χ0n) is 14.9. The van der Waals surface area contributed by atoms with E-state index in [-0.39, 0.29) is 30.4 Å². The molecule has 1 heterocycles. The number of likely N-dealkylation sites (N-methyl/N-ethyl adjacent to an activating group) is 1. The first-order valence-electron chi connectivity index (χ1n) is 8.73. The second kappa shape index (κ2) is 8.26. The zero-order chi connectivity index (χ0) is 19.4. The van der Waals surface area contributed by atoms with Gasteiger partial charge in [-0.25, -0.2) is 8.78 Å². The van der Waals surface area contributed by atoms with Crippen molar-refractivity contribution in [1.82, 2.24) is 15.5 Å². The average molecular weight is 373 g/mol. The number of rotatable bonds is 5. The summed E-state index contributed by atoms with van der Waals surface area (Å²) in [5.74, 6) is -2.46. The maximum atomic E-state index is 13.6. The van der Waals surface area contributed by atoms with E-state index in [0.717, 1.165) is 12.1 Å². The second-order valence-electron chi connectivity index (χ2n) is 6.61. The third-order valence-electron chi connectivity index (χ3n) is 4.73. The van der Waals surface area contributed by atoms with Crippen LogP contribution < -0.4 is 10.6 Å². The standard InChI is InChI=1S/C20H21F2N3O2/c1-25-10-9-17(19(25)14-7-8-15(21)16(22)11-14)24-18(26)12-23-20(27)13-5-3-2-4-6-13/h2-8,11,17,19H,9-10,12H2,1H3,(H,23,27)(H,24,26). The molecule has 1 fully saturated rings. The van der Waals surface area contributed by atoms with Gasteiger partial charge in [0.25, 0.3) is 5.91 Å². The number of benzene rings is 2. The molecule has 1 aliphatic heterocycles. The molecule has 2 amide bonds. The molecule has 1 saturated heterocycles. The van der Waals surface area contributed by atoms with Crippen molar-refractivity contribution in [1.29, 1.82) is 0 Å². The van der Waals surface area contributed by atoms with Crippen molar-refractivity contribution in [2.24, 2.45) is 0 Å². The van der Waals surface area contributed by atoms with E-state index < -0.39 is 11.6 Å². The smallest absolute Gasteiger partial charge is 0.251 e. The summed E-state index contributed by atoms with van der Waals surface area (Å²) >= 11 is 0. The number of amides is 2. The van der Waals surface area contributed by atoms with Gasteiger partial charge >= 0.3 is 0 Å². The third kappa shape index (κ3) is 4.49. The Morgan fingerprint density at radius 2 is 1.85 bits per heavy atom. The van der Waals surface area contributed by atoms with Gasteiger partial charge < -0.3 is 10.6 Å². The number of carbonyl (C=O) groups excluding carboxylic acids is 2. The maximum Gasteiger partial charge on any atom is 0.251 e. The SMILES string of the molecule is CN1CCC(NC(=O)CNC(=O)c2ccccc2)C1c1ccc(F)c(F)c1. The van der Waals surface area contributed by atoms with Crippen molar-refractivity contribution >= 4 is 11.8 Å². The van der Waals surface area contributed by atoms with Crippen LogP contribution in [0.2, 0.25) is 0 Å². The fourth-order valence-electron chi connectivity index (χ4n) is 3.39. The highest BCUT2D eigenvalue weighted by atomic mass is 19.2. The Bertz CT molecular complexity index is 829. The van der Waals surface area contributed by atoms with E-state index in [0.29, 0.717) is 24.1 Å². The number of nitrogens with one attached hydrogen (secondary N) is 2. The lowest BCUT2D eigenvalue weighted by molar-refractivity contribution is -0.121. The summed E-state index contributed by atoms with van der Waals surface area (Å²) in [6, 6.07) is 11.9. The topological polar surface area (TPSA) is 61.4 Å². The van der Waals surface area contributed by atoms with E-state index in [1.165, 1.54) is 6.07 Å². The molecule has 2 unspecified atom stereocenters. The van der Waals surface area contributed by atoms with Crippen LogP contribution in [0.15, 0.2) is 48.5 Å². The summed E-state index contributed by atoms with van der Waals surface area (Å²) < 4.78 is 26.8. The Kier molecular flexibility index (Phi) is 5.81. The molecule has 3 rings (SSSR count). The molecule has 2 atom stereocenters. The number of hydrogen-bond acceptors (Lipinski definition) is 3. The number of halogens is 2. The van der Waals surface area contributed by atoms with E-state index in [9.17, 15) is 18.4 Å². The number of hydrogen-bond donors (Lipinski definition) is 2. The summed E-state index contributed by atoms with van der Waals surface area (Å²) in [6.45, 7) is 0.559. The Balaban J connectivity index is 1.60. The van der Waals surface area contributed by atoms with E-state index in [2.05, 4.69) is 10.6 Å². The minimum Gasteiger partial charge on any atom is -0.350 e. The molecule has 2 aromatic carbocycles. The highest BCUT2D eigenvalue weighted by Crippen LogP contribution is 2.31. The highest BCUT2D eigenvalue weighted by molar-refractivity contribution is 5.96. The number of carbonyl (C=O) groups is 2. The van der Waals surface area contributed by atoms with E-state index in [1.54, 1.807) is 30.3 Å². The van der Waals surface area contributed by atoms with Crippen LogP contribution in [0.4, 0.5) is 8.78 Å². The van der Waals surface area contributed by atoms with Crippen molar-refractivity contribution in [3.8, 4) is 0 Å². The molecular weight excluding hydrogens is 352 g/mol. The fraction of sp³-hybridized carbons (Fsp3) is 0.300. The van der Waals surface area contributed by atoms with Crippen LogP contribution in [0, 0.1) is 11.6 Å². The van der Waals surface area contributed by atoms with Crippen LogP contribution in [0.5, 0.6) is 0 Å². The first kappa shape index (κ1) is 19.0. The van der Waals surface area contributed by atoms with E-state index in [4.69, 9.17) is 0 Å². The van der Waals surface area contributed by atoms with E-state index >= 15 is 0 Å². The van der Waals surface area contributed by atoms with Gasteiger partial charge in [-0.1, -0.05) is 24.3 Å². The lowest BCUT2D eigenvalue weighted by atomic mass is 10.00. The maximum absolute atomic E-state index is 13.6. The van der Waals surface area contributed by atoms with Crippen LogP contribution in [0.3, 0.4) is 0 Å². The van der Waals surface area contributed by atoms with Gasteiger partial charge in [0.2, 0.25) is 5.91 Å². The number of likely N-dealkylation sites (tertiary alicyclic amines) is 1. The molecule has 27 heavy (non-hydrogen) atoms. The highest BCUT2D eigenvalue weighted by Gasteiger charge is 2.34. The minimum absolute atomic E-state index is 0.154. The predicted molar refractivity (Wildman–Crippen MR) is 97.1 cm³/mol. The van der Waals surface area contributed by atoms with Crippen molar-refractivity contribution in [2.75, 3.05) is 20.1 Å². The summed E-state index contributed by atoms with van der Waals surface area (Å²) in [6.07, 6.45) is 0.679. The normalized spacial score (nSPS) is 19.7. The fourth-order valence-corrected chi connectivity index (χ4v) is 3.39. The van der Waals surface area contributed by atoms with Gasteiger partial charge in [-0.2, -0.15) is 0 Å². The van der Waals surface area contributed by atoms with Gasteiger partial charge in [0.1, 0.15) is 0 Å². The summed E-state index contributed by atoms with van der Waals surface area (Å²) in [4.78, 5) is 26.3. The van der Waals surface area contributed by atoms with Gasteiger partial charge in [0.05, 0.1) is 12.6 Å². The molecule has 0 aliphatic carbocycles. The average Bonchev–Trinajstić information content (AvgIpc) is 3.03. The Morgan fingerprint density at radius 3 is 2.56 bits per heavy atom. The lowest BCUT2D eigenvalue weighted by Crippen LogP contribution is -2.44. The van der Waals surface area contributed by atoms with Crippen LogP contribution in [0.25, 0.3) is 0 Å². The van der Waals surface area contributed by atoms with Crippen LogP contribution in [0.1, 0.15) is 28.4 Å². The summed E-state index contributed by atoms with van der Waals surface area (Å²) in [5, 5.41) is 5.47. The molecule has 0 bridgehead atoms. The zero-order valence-corrected chi connectivity index (χ0v) is 14.9. The Morgan fingerprint density at radius 1 is 1.11 bits per heavy atom. The molecule has 0 radical (unpaired) electrons. The Hall–Kier alpha value is -2.80. The van der Waals surface area contributed by atoms with Crippen molar-refractivity contribution in [2.45, 2.75) is 18.5 Å². The van der Waals surface area contributed by atoms with Gasteiger partial charge in [-0.15, -0.1) is 0 Å². The van der Waals surface area contributed by atoms with Crippen molar-refractivity contribution in [3.63, 3.8) is 0 Å². The van der Waals surface area contributed by atoms with Gasteiger partial charge in [0.15, 0.2) is 11.6 Å². The summed E-state index contributed by atoms with van der Waals surface area (Å²) in [5.41, 5.74) is 1.08. The largest absolute Gasteiger partial charge is 0.350 e. The molecule has 2 N–H and O–H groups in total. The van der Waals surface area contributed by atoms with Crippen molar-refractivity contribution in [3.05, 3.63) is 71.3 Å². The predicted octanol–water partition coefficient (Wildman–Crippen LogP) is 2.26. The third-order valence-corrected chi connectivity index (χ3v) is 4.73. The van der Waals surface area contributed by atoms with Gasteiger partial charge in [0, 0.05) is 18.2 Å². The molecule has 142 valence electrons. The second-order valence-corrected chi connectivity index (χ2v) is 6.61. The quantitative estimate of drug-likeness (QED) is 0.845. The lowest BCUT2D eigenvalue weighted by Gasteiger charge is -2.26. The molecule has 7 heteroatoms. The van der Waals surface area contributed by atoms with Crippen LogP contribution in [-0.4, -0.2) is 42.9 Å². The summed E-state index contributed by atoms with van der Waals surface area (Å²) in [7, 11) is 1.87. The molecule has 0 aromatic heterocycles. The van der Waals surface area contributed by atoms with Gasteiger partial charge in [-0.05, 0) is 43.3 Å². The van der Waals surface area contributed by atoms with Crippen LogP contribution >= 0.6 is 0 Å². The Labute approximate surface area is 156 Å². The molecule has 1 aliphatic rings. The first-order chi connectivity index (χ1) is 13.0. The minimum atomic E-state index is -0.909. The first-order valence-corrected chi connectivity index (χ1v) is 8.73. The van der Waals surface area contributed by atoms with Crippen LogP contribution in [-0.2, 0) is 4.79 Å².